The maximum Gasteiger partial charge on any atom is 0.325 e. The maximum atomic E-state index is 12.1. The molecule has 0 saturated heterocycles. The van der Waals surface area contributed by atoms with Crippen LogP contribution in [-0.2, 0) is 25.6 Å². The zero-order chi connectivity index (χ0) is 14.8. The number of carbonyl (C=O) groups excluding carboxylic acids is 2. The molecule has 1 amide bonds. The van der Waals surface area contributed by atoms with Gasteiger partial charge >= 0.3 is 5.97 Å². The molecule has 0 bridgehead atoms. The summed E-state index contributed by atoms with van der Waals surface area (Å²) in [7, 11) is 1.54. The lowest BCUT2D eigenvalue weighted by atomic mass is 10.2. The summed E-state index contributed by atoms with van der Waals surface area (Å²) in [5.41, 5.74) is 0.975. The van der Waals surface area contributed by atoms with Crippen molar-refractivity contribution in [2.75, 3.05) is 26.9 Å². The number of ether oxygens (including phenoxy) is 2. The van der Waals surface area contributed by atoms with Crippen molar-refractivity contribution in [3.63, 3.8) is 0 Å². The standard InChI is InChI=1S/C15H21NO4/c1-3-20-15(18)12-16(14(17)9-10-19-2)11-13-7-5-4-6-8-13/h4-8H,3,9-12H2,1-2H3. The third kappa shape index (κ3) is 5.84. The average Bonchev–Trinajstić information content (AvgIpc) is 2.45. The van der Waals surface area contributed by atoms with Gasteiger partial charge in [0.1, 0.15) is 6.54 Å². The molecule has 0 N–H and O–H groups in total. The summed E-state index contributed by atoms with van der Waals surface area (Å²) >= 11 is 0. The van der Waals surface area contributed by atoms with Crippen LogP contribution >= 0.6 is 0 Å². The average molecular weight is 279 g/mol. The van der Waals surface area contributed by atoms with E-state index in [1.54, 1.807) is 14.0 Å². The Bertz CT molecular complexity index is 419. The smallest absolute Gasteiger partial charge is 0.325 e. The highest BCUT2D eigenvalue weighted by Gasteiger charge is 2.17. The van der Waals surface area contributed by atoms with Gasteiger partial charge in [-0.25, -0.2) is 0 Å². The minimum absolute atomic E-state index is 0.0364. The van der Waals surface area contributed by atoms with Gasteiger partial charge in [0.25, 0.3) is 0 Å². The fraction of sp³-hybridized carbons (Fsp3) is 0.467. The minimum atomic E-state index is -0.394. The normalized spacial score (nSPS) is 10.1. The van der Waals surface area contributed by atoms with E-state index in [0.29, 0.717) is 19.8 Å². The number of nitrogens with zero attached hydrogens (tertiary/aromatic N) is 1. The van der Waals surface area contributed by atoms with E-state index in [2.05, 4.69) is 0 Å². The largest absolute Gasteiger partial charge is 0.465 e. The zero-order valence-corrected chi connectivity index (χ0v) is 12.0. The second-order valence-corrected chi connectivity index (χ2v) is 4.28. The van der Waals surface area contributed by atoms with Gasteiger partial charge in [-0.05, 0) is 12.5 Å². The second kappa shape index (κ2) is 9.09. The van der Waals surface area contributed by atoms with Crippen LogP contribution in [0, 0.1) is 0 Å². The van der Waals surface area contributed by atoms with Gasteiger partial charge in [-0.2, -0.15) is 0 Å². The molecule has 0 aromatic heterocycles. The fourth-order valence-corrected chi connectivity index (χ4v) is 1.75. The third-order valence-electron chi connectivity index (χ3n) is 2.71. The Hall–Kier alpha value is -1.88. The lowest BCUT2D eigenvalue weighted by Gasteiger charge is -2.21. The van der Waals surface area contributed by atoms with E-state index in [1.807, 2.05) is 30.3 Å². The van der Waals surface area contributed by atoms with Gasteiger partial charge in [-0.3, -0.25) is 9.59 Å². The van der Waals surface area contributed by atoms with E-state index in [-0.39, 0.29) is 18.9 Å². The van der Waals surface area contributed by atoms with E-state index in [9.17, 15) is 9.59 Å². The number of rotatable bonds is 8. The Balaban J connectivity index is 2.67. The Morgan fingerprint density at radius 1 is 1.20 bits per heavy atom. The van der Waals surface area contributed by atoms with E-state index < -0.39 is 5.97 Å². The van der Waals surface area contributed by atoms with Crippen molar-refractivity contribution in [3.8, 4) is 0 Å². The zero-order valence-electron chi connectivity index (χ0n) is 12.0. The summed E-state index contributed by atoms with van der Waals surface area (Å²) in [4.78, 5) is 25.2. The Morgan fingerprint density at radius 2 is 1.90 bits per heavy atom. The van der Waals surface area contributed by atoms with E-state index in [1.165, 1.54) is 4.90 Å². The molecule has 0 aliphatic heterocycles. The van der Waals surface area contributed by atoms with Crippen LogP contribution in [0.5, 0.6) is 0 Å². The molecule has 0 spiro atoms. The molecule has 0 saturated carbocycles. The first-order valence-corrected chi connectivity index (χ1v) is 6.63. The quantitative estimate of drug-likeness (QED) is 0.678. The van der Waals surface area contributed by atoms with Gasteiger partial charge in [-0.1, -0.05) is 30.3 Å². The Labute approximate surface area is 119 Å². The summed E-state index contributed by atoms with van der Waals surface area (Å²) in [6.45, 7) is 2.75. The molecular weight excluding hydrogens is 258 g/mol. The van der Waals surface area contributed by atoms with Gasteiger partial charge in [0.2, 0.25) is 5.91 Å². The van der Waals surface area contributed by atoms with Crippen molar-refractivity contribution in [1.29, 1.82) is 0 Å². The van der Waals surface area contributed by atoms with Crippen LogP contribution in [0.2, 0.25) is 0 Å². The van der Waals surface area contributed by atoms with Gasteiger partial charge in [0.05, 0.1) is 19.6 Å². The van der Waals surface area contributed by atoms with Crippen LogP contribution in [0.3, 0.4) is 0 Å². The van der Waals surface area contributed by atoms with E-state index in [4.69, 9.17) is 9.47 Å². The van der Waals surface area contributed by atoms with Crippen LogP contribution in [0.25, 0.3) is 0 Å². The first-order valence-electron chi connectivity index (χ1n) is 6.63. The Kier molecular flexibility index (Phi) is 7.35. The Morgan fingerprint density at radius 3 is 2.50 bits per heavy atom. The van der Waals surface area contributed by atoms with Crippen molar-refractivity contribution in [3.05, 3.63) is 35.9 Å². The van der Waals surface area contributed by atoms with Crippen molar-refractivity contribution < 1.29 is 19.1 Å². The molecule has 20 heavy (non-hydrogen) atoms. The number of amides is 1. The molecule has 1 aromatic rings. The van der Waals surface area contributed by atoms with Crippen molar-refractivity contribution in [2.24, 2.45) is 0 Å². The highest BCUT2D eigenvalue weighted by Crippen LogP contribution is 2.06. The number of methoxy groups -OCH3 is 1. The van der Waals surface area contributed by atoms with Gasteiger partial charge < -0.3 is 14.4 Å². The topological polar surface area (TPSA) is 55.8 Å². The molecular formula is C15H21NO4. The molecule has 5 heteroatoms. The number of benzene rings is 1. The monoisotopic (exact) mass is 279 g/mol. The number of hydrogen-bond donors (Lipinski definition) is 0. The fourth-order valence-electron chi connectivity index (χ4n) is 1.75. The van der Waals surface area contributed by atoms with Crippen molar-refractivity contribution >= 4 is 11.9 Å². The molecule has 1 aromatic carbocycles. The lowest BCUT2D eigenvalue weighted by molar-refractivity contribution is -0.149. The number of hydrogen-bond acceptors (Lipinski definition) is 4. The predicted molar refractivity (Wildman–Crippen MR) is 75.0 cm³/mol. The summed E-state index contributed by atoms with van der Waals surface area (Å²) < 4.78 is 9.80. The molecule has 0 fully saturated rings. The van der Waals surface area contributed by atoms with Crippen LogP contribution in [-0.4, -0.2) is 43.6 Å². The number of esters is 1. The molecule has 0 aliphatic rings. The van der Waals surface area contributed by atoms with Crippen molar-refractivity contribution in [2.45, 2.75) is 19.9 Å². The minimum Gasteiger partial charge on any atom is -0.465 e. The van der Waals surface area contributed by atoms with Crippen LogP contribution in [0.1, 0.15) is 18.9 Å². The van der Waals surface area contributed by atoms with Crippen molar-refractivity contribution in [1.82, 2.24) is 4.90 Å². The van der Waals surface area contributed by atoms with E-state index in [0.717, 1.165) is 5.56 Å². The van der Waals surface area contributed by atoms with Crippen LogP contribution in [0.4, 0.5) is 0 Å². The highest BCUT2D eigenvalue weighted by atomic mass is 16.5. The number of carbonyl (C=O) groups is 2. The van der Waals surface area contributed by atoms with Gasteiger partial charge in [0.15, 0.2) is 0 Å². The van der Waals surface area contributed by atoms with Gasteiger partial charge in [0, 0.05) is 13.7 Å². The lowest BCUT2D eigenvalue weighted by Crippen LogP contribution is -2.36. The maximum absolute atomic E-state index is 12.1. The third-order valence-corrected chi connectivity index (χ3v) is 2.71. The molecule has 110 valence electrons. The van der Waals surface area contributed by atoms with Crippen LogP contribution < -0.4 is 0 Å². The summed E-state index contributed by atoms with van der Waals surface area (Å²) in [5, 5.41) is 0. The first-order chi connectivity index (χ1) is 9.67. The summed E-state index contributed by atoms with van der Waals surface area (Å²) in [6.07, 6.45) is 0.253. The second-order valence-electron chi connectivity index (χ2n) is 4.28. The summed E-state index contributed by atoms with van der Waals surface area (Å²) in [6, 6.07) is 9.55. The SMILES string of the molecule is CCOC(=O)CN(Cc1ccccc1)C(=O)CCOC. The summed E-state index contributed by atoms with van der Waals surface area (Å²) in [5.74, 6) is -0.516. The molecule has 5 nitrogen and oxygen atoms in total. The first kappa shape index (κ1) is 16.2. The van der Waals surface area contributed by atoms with Crippen LogP contribution in [0.15, 0.2) is 30.3 Å². The molecule has 0 radical (unpaired) electrons. The predicted octanol–water partition coefficient (Wildman–Crippen LogP) is 1.61. The van der Waals surface area contributed by atoms with Gasteiger partial charge in [-0.15, -0.1) is 0 Å². The molecule has 1 rings (SSSR count). The highest BCUT2D eigenvalue weighted by molar-refractivity contribution is 5.82. The van der Waals surface area contributed by atoms with E-state index >= 15 is 0 Å². The molecule has 0 unspecified atom stereocenters. The molecule has 0 heterocycles. The molecule has 0 aliphatic carbocycles. The molecule has 0 atom stereocenters.